The van der Waals surface area contributed by atoms with Gasteiger partial charge in [0.05, 0.1) is 12.1 Å². The molecule has 0 saturated carbocycles. The molecule has 1 unspecified atom stereocenters. The van der Waals surface area contributed by atoms with E-state index in [9.17, 15) is 18.4 Å². The molecule has 2 aromatic rings. The summed E-state index contributed by atoms with van der Waals surface area (Å²) in [7, 11) is 0. The maximum atomic E-state index is 15.2. The zero-order chi connectivity index (χ0) is 22.3. The van der Waals surface area contributed by atoms with Crippen LogP contribution in [0.5, 0.6) is 5.75 Å². The molecule has 164 valence electrons. The third-order valence-electron chi connectivity index (χ3n) is 5.04. The van der Waals surface area contributed by atoms with Gasteiger partial charge in [-0.3, -0.25) is 14.3 Å². The summed E-state index contributed by atoms with van der Waals surface area (Å²) in [5.74, 6) is -0.530. The molecule has 9 nitrogen and oxygen atoms in total. The molecule has 0 radical (unpaired) electrons. The maximum Gasteiger partial charge on any atom is 0.284 e. The van der Waals surface area contributed by atoms with E-state index in [1.807, 2.05) is 0 Å². The molecule has 0 spiro atoms. The van der Waals surface area contributed by atoms with Gasteiger partial charge in [-0.2, -0.15) is 4.39 Å². The predicted octanol–water partition coefficient (Wildman–Crippen LogP) is 1.51. The zero-order valence-corrected chi connectivity index (χ0v) is 16.3. The van der Waals surface area contributed by atoms with Crippen LogP contribution in [0.1, 0.15) is 6.92 Å². The molecule has 2 aliphatic heterocycles. The minimum absolute atomic E-state index is 0.0531. The minimum Gasteiger partial charge on any atom is -0.491 e. The van der Waals surface area contributed by atoms with E-state index in [0.29, 0.717) is 17.0 Å². The highest BCUT2D eigenvalue weighted by atomic mass is 19.3. The molecule has 1 fully saturated rings. The number of hydrogen-bond acceptors (Lipinski definition) is 7. The van der Waals surface area contributed by atoms with E-state index in [2.05, 4.69) is 10.3 Å². The molecule has 0 bridgehead atoms. The molecule has 1 saturated heterocycles. The van der Waals surface area contributed by atoms with Gasteiger partial charge >= 0.3 is 0 Å². The summed E-state index contributed by atoms with van der Waals surface area (Å²) in [5.41, 5.74) is 6.21. The largest absolute Gasteiger partial charge is 0.491 e. The van der Waals surface area contributed by atoms with Crippen LogP contribution in [-0.2, 0) is 20.9 Å². The lowest BCUT2D eigenvalue weighted by molar-refractivity contribution is -0.118. The van der Waals surface area contributed by atoms with Crippen molar-refractivity contribution in [2.45, 2.75) is 32.0 Å². The number of nitrogens with one attached hydrogen (secondary N) is 1. The molecular weight excluding hydrogens is 419 g/mol. The number of rotatable bonds is 5. The van der Waals surface area contributed by atoms with Crippen LogP contribution in [0.2, 0.25) is 0 Å². The van der Waals surface area contributed by atoms with Crippen molar-refractivity contribution in [2.24, 2.45) is 5.73 Å². The van der Waals surface area contributed by atoms with Gasteiger partial charge in [-0.05, 0) is 19.1 Å². The van der Waals surface area contributed by atoms with E-state index in [1.165, 1.54) is 10.5 Å². The number of aromatic nitrogens is 2. The standard InChI is InChI=1S/C19H18F3N5O4/c1-9(17(23)29)24-10-2-3-11-13(6-10)30-5-4-26-16(22)19(25-18(11)26)27-12(15(20)21)8-31-14(27)7-28/h2-3,6,9,12,15,24H,4-5,8H2,1H3,(H2,23,29)/t9?,12-/m0/s1. The van der Waals surface area contributed by atoms with E-state index in [4.69, 9.17) is 15.2 Å². The lowest BCUT2D eigenvalue weighted by Gasteiger charge is -2.19. The first-order chi connectivity index (χ1) is 14.8. The minimum atomic E-state index is -2.90. The smallest absolute Gasteiger partial charge is 0.284 e. The summed E-state index contributed by atoms with van der Waals surface area (Å²) in [4.78, 5) is 27.4. The summed E-state index contributed by atoms with van der Waals surface area (Å²) < 4.78 is 53.9. The predicted molar refractivity (Wildman–Crippen MR) is 103 cm³/mol. The second-order valence-corrected chi connectivity index (χ2v) is 7.02. The summed E-state index contributed by atoms with van der Waals surface area (Å²) in [6.07, 6.45) is -2.90. The van der Waals surface area contributed by atoms with Gasteiger partial charge < -0.3 is 20.5 Å². The summed E-state index contributed by atoms with van der Waals surface area (Å²) in [6.45, 7) is 1.24. The van der Waals surface area contributed by atoms with Crippen LogP contribution in [0.25, 0.3) is 11.4 Å². The molecule has 4 rings (SSSR count). The Balaban J connectivity index is 1.76. The fourth-order valence-corrected chi connectivity index (χ4v) is 3.44. The maximum absolute atomic E-state index is 15.2. The average molecular weight is 437 g/mol. The number of halogens is 3. The summed E-state index contributed by atoms with van der Waals surface area (Å²) in [5, 5.41) is 2.92. The number of benzene rings is 1. The molecule has 2 aliphatic rings. The summed E-state index contributed by atoms with van der Waals surface area (Å²) >= 11 is 0. The SMILES string of the molecule is CC(Nc1ccc2c(c1)OCCn1c-2nc(N2C(=C=O)OC[C@H]2C(F)F)c1F)C(N)=O. The van der Waals surface area contributed by atoms with Gasteiger partial charge in [0.25, 0.3) is 12.3 Å². The Labute approximate surface area is 174 Å². The molecule has 12 heteroatoms. The van der Waals surface area contributed by atoms with Crippen molar-refractivity contribution in [3.05, 3.63) is 30.0 Å². The van der Waals surface area contributed by atoms with Gasteiger partial charge in [0.15, 0.2) is 11.8 Å². The van der Waals surface area contributed by atoms with E-state index < -0.39 is 48.7 Å². The second kappa shape index (κ2) is 7.88. The fourth-order valence-electron chi connectivity index (χ4n) is 3.44. The zero-order valence-electron chi connectivity index (χ0n) is 16.3. The van der Waals surface area contributed by atoms with Gasteiger partial charge in [-0.15, -0.1) is 0 Å². The Bertz CT molecular complexity index is 1080. The number of nitrogens with zero attached hydrogens (tertiary/aromatic N) is 3. The number of carbonyl (C=O) groups is 1. The van der Waals surface area contributed by atoms with Crippen LogP contribution in [0.15, 0.2) is 24.1 Å². The molecule has 1 aromatic heterocycles. The lowest BCUT2D eigenvalue weighted by Crippen LogP contribution is -2.37. The molecular formula is C19H18F3N5O4. The number of carbonyl (C=O) groups excluding carboxylic acids is 2. The monoisotopic (exact) mass is 437 g/mol. The average Bonchev–Trinajstić information content (AvgIpc) is 3.24. The fraction of sp³-hybridized carbons (Fsp3) is 0.368. The summed E-state index contributed by atoms with van der Waals surface area (Å²) in [6, 6.07) is 2.63. The Morgan fingerprint density at radius 2 is 2.16 bits per heavy atom. The molecule has 2 atom stereocenters. The lowest BCUT2D eigenvalue weighted by atomic mass is 10.1. The Kier molecular flexibility index (Phi) is 5.24. The van der Waals surface area contributed by atoms with Gasteiger partial charge in [0.1, 0.15) is 36.9 Å². The first kappa shape index (κ1) is 20.6. The van der Waals surface area contributed by atoms with Crippen LogP contribution in [-0.4, -0.2) is 53.1 Å². The third-order valence-corrected chi connectivity index (χ3v) is 5.04. The number of amides is 1. The van der Waals surface area contributed by atoms with Crippen molar-refractivity contribution >= 4 is 23.4 Å². The van der Waals surface area contributed by atoms with Crippen molar-refractivity contribution in [3.63, 3.8) is 0 Å². The number of imidazole rings is 1. The van der Waals surface area contributed by atoms with Crippen molar-refractivity contribution in [3.8, 4) is 17.1 Å². The van der Waals surface area contributed by atoms with Gasteiger partial charge in [-0.25, -0.2) is 18.6 Å². The van der Waals surface area contributed by atoms with Crippen LogP contribution < -0.4 is 20.7 Å². The van der Waals surface area contributed by atoms with E-state index in [1.54, 1.807) is 25.1 Å². The number of alkyl halides is 2. The second-order valence-electron chi connectivity index (χ2n) is 7.02. The Morgan fingerprint density at radius 1 is 1.39 bits per heavy atom. The molecule has 1 aromatic carbocycles. The number of fused-ring (bicyclic) bond motifs is 3. The number of anilines is 2. The highest BCUT2D eigenvalue weighted by Gasteiger charge is 2.42. The van der Waals surface area contributed by atoms with E-state index >= 15 is 4.39 Å². The number of ether oxygens (including phenoxy) is 2. The van der Waals surface area contributed by atoms with Crippen LogP contribution >= 0.6 is 0 Å². The first-order valence-corrected chi connectivity index (χ1v) is 9.36. The topological polar surface area (TPSA) is 112 Å². The van der Waals surface area contributed by atoms with Crippen LogP contribution in [0, 0.1) is 5.95 Å². The molecule has 31 heavy (non-hydrogen) atoms. The van der Waals surface area contributed by atoms with Crippen LogP contribution in [0.3, 0.4) is 0 Å². The molecule has 0 aliphatic carbocycles. The third kappa shape index (κ3) is 3.55. The van der Waals surface area contributed by atoms with E-state index in [0.717, 1.165) is 4.90 Å². The first-order valence-electron chi connectivity index (χ1n) is 9.36. The quantitative estimate of drug-likeness (QED) is 0.682. The normalized spacial score (nSPS) is 18.4. The van der Waals surface area contributed by atoms with Gasteiger partial charge in [0.2, 0.25) is 11.9 Å². The van der Waals surface area contributed by atoms with Gasteiger partial charge in [0, 0.05) is 11.8 Å². The molecule has 3 heterocycles. The van der Waals surface area contributed by atoms with Gasteiger partial charge in [-0.1, -0.05) is 0 Å². The van der Waals surface area contributed by atoms with Crippen molar-refractivity contribution < 1.29 is 32.2 Å². The number of hydrogen-bond donors (Lipinski definition) is 2. The molecule has 3 N–H and O–H groups in total. The van der Waals surface area contributed by atoms with E-state index in [-0.39, 0.29) is 19.0 Å². The van der Waals surface area contributed by atoms with Crippen molar-refractivity contribution in [1.82, 2.24) is 9.55 Å². The number of primary amides is 1. The van der Waals surface area contributed by atoms with Crippen molar-refractivity contribution in [1.29, 1.82) is 0 Å². The Morgan fingerprint density at radius 3 is 2.84 bits per heavy atom. The molecule has 1 amide bonds. The number of nitrogens with two attached hydrogens (primary N) is 1. The highest BCUT2D eigenvalue weighted by Crippen LogP contribution is 2.39. The highest BCUT2D eigenvalue weighted by molar-refractivity contribution is 5.83. The van der Waals surface area contributed by atoms with Crippen molar-refractivity contribution in [2.75, 3.05) is 23.4 Å². The van der Waals surface area contributed by atoms with Crippen LogP contribution in [0.4, 0.5) is 24.7 Å². The Hall–Kier alpha value is -3.66.